The summed E-state index contributed by atoms with van der Waals surface area (Å²) in [4.78, 5) is 12.0. The van der Waals surface area contributed by atoms with Gasteiger partial charge in [-0.05, 0) is 48.0 Å². The molecule has 4 nitrogen and oxygen atoms in total. The van der Waals surface area contributed by atoms with Gasteiger partial charge < -0.3 is 10.4 Å². The first-order valence-corrected chi connectivity index (χ1v) is 6.85. The summed E-state index contributed by atoms with van der Waals surface area (Å²) in [5.41, 5.74) is 1.26. The minimum atomic E-state index is -0.497. The lowest BCUT2D eigenvalue weighted by molar-refractivity contribution is -0.112. The van der Waals surface area contributed by atoms with Crippen molar-refractivity contribution in [3.05, 3.63) is 64.1 Å². The summed E-state index contributed by atoms with van der Waals surface area (Å²) in [6.07, 6.45) is 1.51. The Morgan fingerprint density at radius 2 is 1.95 bits per heavy atom. The molecule has 0 spiro atoms. The highest BCUT2D eigenvalue weighted by atomic mass is 79.9. The minimum absolute atomic E-state index is 0.00109. The van der Waals surface area contributed by atoms with Crippen molar-refractivity contribution < 1.29 is 9.90 Å². The molecular formula is C16H11BrN2O2. The molecule has 0 saturated heterocycles. The van der Waals surface area contributed by atoms with E-state index < -0.39 is 5.91 Å². The maximum Gasteiger partial charge on any atom is 0.266 e. The summed E-state index contributed by atoms with van der Waals surface area (Å²) in [7, 11) is 0. The molecule has 0 radical (unpaired) electrons. The van der Waals surface area contributed by atoms with Crippen LogP contribution in [0.1, 0.15) is 5.56 Å². The molecule has 2 aromatic carbocycles. The molecule has 0 heterocycles. The predicted molar refractivity (Wildman–Crippen MR) is 84.5 cm³/mol. The largest absolute Gasteiger partial charge is 0.508 e. The van der Waals surface area contributed by atoms with E-state index in [0.717, 1.165) is 10.0 Å². The van der Waals surface area contributed by atoms with Crippen molar-refractivity contribution in [2.45, 2.75) is 0 Å². The van der Waals surface area contributed by atoms with E-state index in [1.807, 2.05) is 24.3 Å². The first-order chi connectivity index (χ1) is 10.1. The lowest BCUT2D eigenvalue weighted by Crippen LogP contribution is -2.13. The predicted octanol–water partition coefficient (Wildman–Crippen LogP) is 3.70. The summed E-state index contributed by atoms with van der Waals surface area (Å²) in [6.45, 7) is 0. The molecule has 5 heteroatoms. The highest BCUT2D eigenvalue weighted by Crippen LogP contribution is 2.17. The van der Waals surface area contributed by atoms with Crippen molar-refractivity contribution in [1.82, 2.24) is 0 Å². The number of benzene rings is 2. The topological polar surface area (TPSA) is 73.1 Å². The second kappa shape index (κ2) is 6.73. The number of carbonyl (C=O) groups is 1. The van der Waals surface area contributed by atoms with Gasteiger partial charge in [-0.2, -0.15) is 5.26 Å². The Bertz CT molecular complexity index is 731. The lowest BCUT2D eigenvalue weighted by atomic mass is 10.1. The fourth-order valence-electron chi connectivity index (χ4n) is 1.65. The number of carbonyl (C=O) groups excluding carboxylic acids is 1. The molecule has 2 aromatic rings. The van der Waals surface area contributed by atoms with E-state index in [1.165, 1.54) is 18.2 Å². The molecule has 0 fully saturated rings. The zero-order chi connectivity index (χ0) is 15.2. The van der Waals surface area contributed by atoms with E-state index in [2.05, 4.69) is 21.2 Å². The van der Waals surface area contributed by atoms with Crippen LogP contribution in [0.25, 0.3) is 6.08 Å². The number of anilines is 1. The van der Waals surface area contributed by atoms with Gasteiger partial charge in [-0.3, -0.25) is 4.79 Å². The second-order valence-corrected chi connectivity index (χ2v) is 5.14. The van der Waals surface area contributed by atoms with Gasteiger partial charge in [0.05, 0.1) is 0 Å². The third-order valence-electron chi connectivity index (χ3n) is 2.65. The molecule has 0 aromatic heterocycles. The van der Waals surface area contributed by atoms with Gasteiger partial charge in [0.2, 0.25) is 0 Å². The zero-order valence-electron chi connectivity index (χ0n) is 10.9. The number of rotatable bonds is 3. The molecule has 21 heavy (non-hydrogen) atoms. The number of halogens is 1. The summed E-state index contributed by atoms with van der Waals surface area (Å²) in [6, 6.07) is 15.2. The molecule has 0 atom stereocenters. The molecule has 0 aliphatic carbocycles. The average molecular weight is 343 g/mol. The second-order valence-electron chi connectivity index (χ2n) is 4.23. The molecule has 0 bridgehead atoms. The number of aromatic hydroxyl groups is 1. The summed E-state index contributed by atoms with van der Waals surface area (Å²) in [5.74, 6) is -0.388. The van der Waals surface area contributed by atoms with Crippen LogP contribution in [0.5, 0.6) is 5.75 Å². The fraction of sp³-hybridized carbons (Fsp3) is 0. The van der Waals surface area contributed by atoms with Crippen LogP contribution in [0.15, 0.2) is 58.6 Å². The van der Waals surface area contributed by atoms with Crippen LogP contribution in [0.4, 0.5) is 5.69 Å². The number of hydrogen-bond acceptors (Lipinski definition) is 3. The van der Waals surface area contributed by atoms with Crippen molar-refractivity contribution in [2.24, 2.45) is 0 Å². The highest BCUT2D eigenvalue weighted by Gasteiger charge is 2.09. The first-order valence-electron chi connectivity index (χ1n) is 6.06. The van der Waals surface area contributed by atoms with Crippen LogP contribution in [0.2, 0.25) is 0 Å². The monoisotopic (exact) mass is 342 g/mol. The van der Waals surface area contributed by atoms with Gasteiger partial charge >= 0.3 is 0 Å². The molecule has 2 rings (SSSR count). The van der Waals surface area contributed by atoms with Crippen LogP contribution < -0.4 is 5.32 Å². The van der Waals surface area contributed by atoms with Gasteiger partial charge in [0.15, 0.2) is 0 Å². The van der Waals surface area contributed by atoms with E-state index >= 15 is 0 Å². The Hall–Kier alpha value is -2.58. The number of phenols is 1. The van der Waals surface area contributed by atoms with E-state index in [4.69, 9.17) is 5.26 Å². The number of nitrogens with zero attached hydrogens (tertiary/aromatic N) is 1. The van der Waals surface area contributed by atoms with E-state index in [1.54, 1.807) is 18.2 Å². The molecule has 2 N–H and O–H groups in total. The van der Waals surface area contributed by atoms with Crippen LogP contribution in [-0.2, 0) is 4.79 Å². The van der Waals surface area contributed by atoms with E-state index in [0.29, 0.717) is 5.69 Å². The average Bonchev–Trinajstić information content (AvgIpc) is 2.47. The summed E-state index contributed by atoms with van der Waals surface area (Å²) in [5, 5.41) is 20.9. The maximum atomic E-state index is 12.0. The third kappa shape index (κ3) is 4.20. The van der Waals surface area contributed by atoms with Gasteiger partial charge in [0.1, 0.15) is 17.4 Å². The Kier molecular flexibility index (Phi) is 4.75. The Morgan fingerprint density at radius 1 is 1.24 bits per heavy atom. The minimum Gasteiger partial charge on any atom is -0.508 e. The van der Waals surface area contributed by atoms with E-state index in [-0.39, 0.29) is 11.3 Å². The molecule has 104 valence electrons. The van der Waals surface area contributed by atoms with E-state index in [9.17, 15) is 9.90 Å². The number of phenolic OH excluding ortho intramolecular Hbond substituents is 1. The van der Waals surface area contributed by atoms with Gasteiger partial charge in [-0.15, -0.1) is 0 Å². The Labute approximate surface area is 130 Å². The standard InChI is InChI=1S/C16H11BrN2O2/c17-13-3-1-2-11(9-13)8-12(10-18)16(21)19-14-4-6-15(20)7-5-14/h1-9,20H,(H,19,21)/b12-8+. The van der Waals surface area contributed by atoms with Crippen molar-refractivity contribution >= 4 is 33.6 Å². The van der Waals surface area contributed by atoms with Crippen molar-refractivity contribution in [1.29, 1.82) is 5.26 Å². The van der Waals surface area contributed by atoms with Gasteiger partial charge in [-0.1, -0.05) is 28.1 Å². The van der Waals surface area contributed by atoms with Gasteiger partial charge in [-0.25, -0.2) is 0 Å². The Morgan fingerprint density at radius 3 is 2.57 bits per heavy atom. The van der Waals surface area contributed by atoms with Crippen molar-refractivity contribution in [3.8, 4) is 11.8 Å². The Balaban J connectivity index is 2.19. The number of hydrogen-bond donors (Lipinski definition) is 2. The number of nitriles is 1. The van der Waals surface area contributed by atoms with Crippen LogP contribution in [-0.4, -0.2) is 11.0 Å². The fourth-order valence-corrected chi connectivity index (χ4v) is 2.07. The zero-order valence-corrected chi connectivity index (χ0v) is 12.5. The highest BCUT2D eigenvalue weighted by molar-refractivity contribution is 9.10. The van der Waals surface area contributed by atoms with Crippen molar-refractivity contribution in [2.75, 3.05) is 5.32 Å². The third-order valence-corrected chi connectivity index (χ3v) is 3.14. The maximum absolute atomic E-state index is 12.0. The van der Waals surface area contributed by atoms with Gasteiger partial charge in [0, 0.05) is 10.2 Å². The molecule has 0 saturated carbocycles. The molecule has 0 unspecified atom stereocenters. The normalized spacial score (nSPS) is 10.8. The lowest BCUT2D eigenvalue weighted by Gasteiger charge is -2.04. The smallest absolute Gasteiger partial charge is 0.266 e. The van der Waals surface area contributed by atoms with Crippen molar-refractivity contribution in [3.63, 3.8) is 0 Å². The molecule has 0 aliphatic heterocycles. The van der Waals surface area contributed by atoms with Crippen LogP contribution in [0, 0.1) is 11.3 Å². The van der Waals surface area contributed by atoms with Gasteiger partial charge in [0.25, 0.3) is 5.91 Å². The molecule has 0 aliphatic rings. The van der Waals surface area contributed by atoms with Crippen LogP contribution >= 0.6 is 15.9 Å². The quantitative estimate of drug-likeness (QED) is 0.507. The first kappa shape index (κ1) is 14.8. The number of amides is 1. The molecular weight excluding hydrogens is 332 g/mol. The molecule has 1 amide bonds. The van der Waals surface area contributed by atoms with Crippen LogP contribution in [0.3, 0.4) is 0 Å². The summed E-state index contributed by atoms with van der Waals surface area (Å²) < 4.78 is 0.868. The SMILES string of the molecule is N#C/C(=C\c1cccc(Br)c1)C(=O)Nc1ccc(O)cc1. The summed E-state index contributed by atoms with van der Waals surface area (Å²) >= 11 is 3.34. The number of nitrogens with one attached hydrogen (secondary N) is 1.